The Morgan fingerprint density at radius 1 is 0.815 bits per heavy atom. The second kappa shape index (κ2) is 8.84. The number of benzene rings is 3. The molecule has 27 heavy (non-hydrogen) atoms. The molecule has 0 amide bonds. The standard InChI is InChI=1S/C22H23NO3S/c1-18(12-13-19-8-4-2-5-9-19)23-27(24,25)22-16-14-21(15-17-22)26-20-10-6-3-7-11-20/h2-11,14-18,23H,12-13H2,1H3/t18-/m0/s1. The van der Waals surface area contributed by atoms with Crippen LogP contribution >= 0.6 is 0 Å². The SMILES string of the molecule is C[C@@H](CCc1ccccc1)NS(=O)(=O)c1ccc(Oc2ccccc2)cc1. The van der Waals surface area contributed by atoms with Gasteiger partial charge in [0.25, 0.3) is 0 Å². The number of sulfonamides is 1. The number of aryl methyl sites for hydroxylation is 1. The summed E-state index contributed by atoms with van der Waals surface area (Å²) in [5.41, 5.74) is 1.20. The molecule has 0 aromatic heterocycles. The van der Waals surface area contributed by atoms with E-state index < -0.39 is 10.0 Å². The third kappa shape index (κ3) is 5.67. The topological polar surface area (TPSA) is 55.4 Å². The van der Waals surface area contributed by atoms with Crippen molar-refractivity contribution in [3.8, 4) is 11.5 Å². The Hall–Kier alpha value is -2.63. The Labute approximate surface area is 160 Å². The fourth-order valence-corrected chi connectivity index (χ4v) is 4.01. The molecule has 140 valence electrons. The molecule has 0 spiro atoms. The minimum atomic E-state index is -3.56. The molecule has 0 radical (unpaired) electrons. The molecule has 1 atom stereocenters. The maximum atomic E-state index is 12.6. The van der Waals surface area contributed by atoms with Crippen LogP contribution in [0.15, 0.2) is 89.8 Å². The number of ether oxygens (including phenoxy) is 1. The molecule has 3 rings (SSSR count). The summed E-state index contributed by atoms with van der Waals surface area (Å²) in [7, 11) is -3.56. The van der Waals surface area contributed by atoms with Gasteiger partial charge in [0, 0.05) is 6.04 Å². The fourth-order valence-electron chi connectivity index (χ4n) is 2.73. The molecule has 0 aliphatic heterocycles. The quantitative estimate of drug-likeness (QED) is 0.611. The summed E-state index contributed by atoms with van der Waals surface area (Å²) in [5.74, 6) is 1.30. The molecule has 0 aliphatic carbocycles. The monoisotopic (exact) mass is 381 g/mol. The Bertz CT molecular complexity index is 940. The van der Waals surface area contributed by atoms with Crippen LogP contribution in [0.25, 0.3) is 0 Å². The molecular weight excluding hydrogens is 358 g/mol. The van der Waals surface area contributed by atoms with E-state index in [4.69, 9.17) is 4.74 Å². The second-order valence-electron chi connectivity index (χ2n) is 6.43. The lowest BCUT2D eigenvalue weighted by molar-refractivity contribution is 0.482. The van der Waals surface area contributed by atoms with Crippen LogP contribution in [0.1, 0.15) is 18.9 Å². The van der Waals surface area contributed by atoms with Gasteiger partial charge in [0.2, 0.25) is 10.0 Å². The van der Waals surface area contributed by atoms with E-state index in [0.717, 1.165) is 12.8 Å². The molecule has 0 aliphatic rings. The minimum absolute atomic E-state index is 0.157. The summed E-state index contributed by atoms with van der Waals surface area (Å²) in [5, 5.41) is 0. The Morgan fingerprint density at radius 2 is 1.37 bits per heavy atom. The van der Waals surface area contributed by atoms with Gasteiger partial charge in [-0.25, -0.2) is 13.1 Å². The van der Waals surface area contributed by atoms with Gasteiger partial charge in [-0.1, -0.05) is 48.5 Å². The minimum Gasteiger partial charge on any atom is -0.457 e. The Morgan fingerprint density at radius 3 is 2.00 bits per heavy atom. The van der Waals surface area contributed by atoms with E-state index in [1.807, 2.05) is 67.6 Å². The lowest BCUT2D eigenvalue weighted by Gasteiger charge is -2.14. The number of nitrogens with one attached hydrogen (secondary N) is 1. The summed E-state index contributed by atoms with van der Waals surface area (Å²) < 4.78 is 33.6. The van der Waals surface area contributed by atoms with Gasteiger partial charge in [-0.05, 0) is 61.7 Å². The van der Waals surface area contributed by atoms with Gasteiger partial charge < -0.3 is 4.74 Å². The molecule has 0 unspecified atom stereocenters. The van der Waals surface area contributed by atoms with Gasteiger partial charge in [0.15, 0.2) is 0 Å². The fraction of sp³-hybridized carbons (Fsp3) is 0.182. The van der Waals surface area contributed by atoms with E-state index in [1.165, 1.54) is 5.56 Å². The summed E-state index contributed by atoms with van der Waals surface area (Å²) in [6, 6.07) is 25.7. The summed E-state index contributed by atoms with van der Waals surface area (Å²) in [4.78, 5) is 0.231. The molecular formula is C22H23NO3S. The van der Waals surface area contributed by atoms with Crippen molar-refractivity contribution < 1.29 is 13.2 Å². The second-order valence-corrected chi connectivity index (χ2v) is 8.15. The average molecular weight is 381 g/mol. The summed E-state index contributed by atoms with van der Waals surface area (Å²) in [6.07, 6.45) is 1.56. The zero-order chi connectivity index (χ0) is 19.1. The Balaban J connectivity index is 1.59. The molecule has 5 heteroatoms. The van der Waals surface area contributed by atoms with Gasteiger partial charge in [0.05, 0.1) is 4.90 Å². The smallest absolute Gasteiger partial charge is 0.240 e. The van der Waals surface area contributed by atoms with Crippen molar-refractivity contribution in [3.63, 3.8) is 0 Å². The van der Waals surface area contributed by atoms with E-state index in [2.05, 4.69) is 4.72 Å². The van der Waals surface area contributed by atoms with Crippen LogP contribution in [0, 0.1) is 0 Å². The van der Waals surface area contributed by atoms with Crippen LogP contribution in [0.2, 0.25) is 0 Å². The zero-order valence-corrected chi connectivity index (χ0v) is 16.0. The number of hydrogen-bond acceptors (Lipinski definition) is 3. The first kappa shape index (κ1) is 19.1. The predicted molar refractivity (Wildman–Crippen MR) is 108 cm³/mol. The van der Waals surface area contributed by atoms with Gasteiger partial charge >= 0.3 is 0 Å². The van der Waals surface area contributed by atoms with Crippen LogP contribution in [0.4, 0.5) is 0 Å². The van der Waals surface area contributed by atoms with Gasteiger partial charge in [-0.2, -0.15) is 0 Å². The molecule has 0 saturated heterocycles. The summed E-state index contributed by atoms with van der Waals surface area (Å²) >= 11 is 0. The van der Waals surface area contributed by atoms with E-state index in [1.54, 1.807) is 24.3 Å². The van der Waals surface area contributed by atoms with Crippen molar-refractivity contribution in [2.45, 2.75) is 30.7 Å². The zero-order valence-electron chi connectivity index (χ0n) is 15.2. The molecule has 0 heterocycles. The van der Waals surface area contributed by atoms with Crippen LogP contribution in [0.5, 0.6) is 11.5 Å². The Kier molecular flexibility index (Phi) is 6.27. The molecule has 0 saturated carbocycles. The van der Waals surface area contributed by atoms with Crippen LogP contribution in [0.3, 0.4) is 0 Å². The largest absolute Gasteiger partial charge is 0.457 e. The van der Waals surface area contributed by atoms with Crippen molar-refractivity contribution in [1.82, 2.24) is 4.72 Å². The van der Waals surface area contributed by atoms with Crippen LogP contribution < -0.4 is 9.46 Å². The predicted octanol–water partition coefficient (Wildman–Crippen LogP) is 4.78. The van der Waals surface area contributed by atoms with E-state index in [9.17, 15) is 8.42 Å². The lowest BCUT2D eigenvalue weighted by atomic mass is 10.1. The normalized spacial score (nSPS) is 12.5. The molecule has 1 N–H and O–H groups in total. The molecule has 3 aromatic rings. The first-order valence-electron chi connectivity index (χ1n) is 8.92. The molecule has 0 bridgehead atoms. The van der Waals surface area contributed by atoms with E-state index in [-0.39, 0.29) is 10.9 Å². The van der Waals surface area contributed by atoms with E-state index in [0.29, 0.717) is 11.5 Å². The average Bonchev–Trinajstić information content (AvgIpc) is 2.68. The highest BCUT2D eigenvalue weighted by Gasteiger charge is 2.17. The lowest BCUT2D eigenvalue weighted by Crippen LogP contribution is -2.32. The molecule has 0 fully saturated rings. The highest BCUT2D eigenvalue weighted by molar-refractivity contribution is 7.89. The first-order valence-corrected chi connectivity index (χ1v) is 10.4. The van der Waals surface area contributed by atoms with Crippen molar-refractivity contribution in [2.24, 2.45) is 0 Å². The maximum Gasteiger partial charge on any atom is 0.240 e. The molecule has 3 aromatic carbocycles. The third-order valence-electron chi connectivity index (χ3n) is 4.18. The van der Waals surface area contributed by atoms with Crippen molar-refractivity contribution in [3.05, 3.63) is 90.5 Å². The number of rotatable bonds is 8. The van der Waals surface area contributed by atoms with Gasteiger partial charge in [0.1, 0.15) is 11.5 Å². The van der Waals surface area contributed by atoms with Crippen LogP contribution in [-0.2, 0) is 16.4 Å². The van der Waals surface area contributed by atoms with E-state index >= 15 is 0 Å². The van der Waals surface area contributed by atoms with Crippen molar-refractivity contribution >= 4 is 10.0 Å². The van der Waals surface area contributed by atoms with Gasteiger partial charge in [-0.15, -0.1) is 0 Å². The van der Waals surface area contributed by atoms with Crippen LogP contribution in [-0.4, -0.2) is 14.5 Å². The first-order chi connectivity index (χ1) is 13.0. The molecule has 4 nitrogen and oxygen atoms in total. The van der Waals surface area contributed by atoms with Crippen molar-refractivity contribution in [1.29, 1.82) is 0 Å². The third-order valence-corrected chi connectivity index (χ3v) is 5.78. The maximum absolute atomic E-state index is 12.6. The highest BCUT2D eigenvalue weighted by Crippen LogP contribution is 2.22. The highest BCUT2D eigenvalue weighted by atomic mass is 32.2. The number of hydrogen-bond donors (Lipinski definition) is 1. The summed E-state index contributed by atoms with van der Waals surface area (Å²) in [6.45, 7) is 1.88. The van der Waals surface area contributed by atoms with Gasteiger partial charge in [-0.3, -0.25) is 0 Å². The van der Waals surface area contributed by atoms with Crippen molar-refractivity contribution in [2.75, 3.05) is 0 Å². The number of para-hydroxylation sites is 1.